The molecule has 4 nitrogen and oxygen atoms in total. The Morgan fingerprint density at radius 2 is 2.06 bits per heavy atom. The van der Waals surface area contributed by atoms with E-state index >= 15 is 0 Å². The lowest BCUT2D eigenvalue weighted by atomic mass is 10.1. The molecule has 1 N–H and O–H groups in total. The van der Waals surface area contributed by atoms with Crippen LogP contribution >= 0.6 is 0 Å². The minimum absolute atomic E-state index is 0.106. The van der Waals surface area contributed by atoms with Gasteiger partial charge in [0.2, 0.25) is 0 Å². The maximum Gasteiger partial charge on any atom is 0.152 e. The van der Waals surface area contributed by atoms with E-state index < -0.39 is 15.7 Å². The van der Waals surface area contributed by atoms with Crippen LogP contribution < -0.4 is 4.90 Å². The number of nitrogens with zero attached hydrogens (tertiary/aromatic N) is 1. The van der Waals surface area contributed by atoms with Crippen LogP contribution in [0.2, 0.25) is 0 Å². The monoisotopic (exact) mass is 273 g/mol. The van der Waals surface area contributed by atoms with Crippen molar-refractivity contribution in [1.29, 1.82) is 0 Å². The van der Waals surface area contributed by atoms with Gasteiger partial charge >= 0.3 is 0 Å². The Morgan fingerprint density at radius 1 is 1.28 bits per heavy atom. The quantitative estimate of drug-likeness (QED) is 0.871. The Bertz CT molecular complexity index is 530. The van der Waals surface area contributed by atoms with Crippen molar-refractivity contribution in [2.75, 3.05) is 29.5 Å². The number of benzene rings is 1. The predicted octanol–water partition coefficient (Wildman–Crippen LogP) is 0.943. The van der Waals surface area contributed by atoms with Crippen molar-refractivity contribution in [3.05, 3.63) is 29.6 Å². The molecule has 1 fully saturated rings. The van der Waals surface area contributed by atoms with Crippen molar-refractivity contribution in [2.45, 2.75) is 13.0 Å². The second kappa shape index (κ2) is 5.24. The van der Waals surface area contributed by atoms with Gasteiger partial charge in [0.05, 0.1) is 18.1 Å². The molecule has 1 aliphatic heterocycles. The Labute approximate surface area is 106 Å². The summed E-state index contributed by atoms with van der Waals surface area (Å²) in [5.41, 5.74) is 1.21. The third-order valence-corrected chi connectivity index (χ3v) is 4.82. The van der Waals surface area contributed by atoms with Gasteiger partial charge in [0.25, 0.3) is 0 Å². The van der Waals surface area contributed by atoms with Gasteiger partial charge in [0.15, 0.2) is 9.84 Å². The first-order valence-electron chi connectivity index (χ1n) is 5.86. The van der Waals surface area contributed by atoms with Gasteiger partial charge in [-0.05, 0) is 24.6 Å². The van der Waals surface area contributed by atoms with Crippen LogP contribution in [-0.4, -0.2) is 38.1 Å². The molecule has 2 rings (SSSR count). The van der Waals surface area contributed by atoms with Crippen LogP contribution in [-0.2, 0) is 16.4 Å². The molecular weight excluding hydrogens is 257 g/mol. The Morgan fingerprint density at radius 3 is 2.78 bits per heavy atom. The molecular formula is C12H16FNO3S. The van der Waals surface area contributed by atoms with E-state index in [9.17, 15) is 17.9 Å². The molecule has 0 radical (unpaired) electrons. The van der Waals surface area contributed by atoms with Gasteiger partial charge in [-0.3, -0.25) is 0 Å². The van der Waals surface area contributed by atoms with Crippen molar-refractivity contribution in [2.24, 2.45) is 0 Å². The van der Waals surface area contributed by atoms with E-state index in [0.29, 0.717) is 25.1 Å². The average Bonchev–Trinajstić information content (AvgIpc) is 2.50. The Kier molecular flexibility index (Phi) is 3.87. The van der Waals surface area contributed by atoms with Gasteiger partial charge in [-0.25, -0.2) is 12.8 Å². The second-order valence-corrected chi connectivity index (χ2v) is 6.73. The Hall–Kier alpha value is -1.14. The topological polar surface area (TPSA) is 57.6 Å². The molecule has 0 unspecified atom stereocenters. The number of anilines is 1. The highest BCUT2D eigenvalue weighted by Gasteiger charge is 2.20. The summed E-state index contributed by atoms with van der Waals surface area (Å²) in [6, 6.07) is 4.21. The van der Waals surface area contributed by atoms with Crippen LogP contribution in [0.3, 0.4) is 0 Å². The van der Waals surface area contributed by atoms with Crippen LogP contribution in [0.4, 0.5) is 10.1 Å². The van der Waals surface area contributed by atoms with Gasteiger partial charge in [-0.1, -0.05) is 0 Å². The summed E-state index contributed by atoms with van der Waals surface area (Å²) in [6.07, 6.45) is 0.560. The van der Waals surface area contributed by atoms with Crippen molar-refractivity contribution in [3.8, 4) is 0 Å². The zero-order valence-corrected chi connectivity index (χ0v) is 10.8. The molecule has 1 aliphatic rings. The lowest BCUT2D eigenvalue weighted by molar-refractivity contribution is 0.281. The fraction of sp³-hybridized carbons (Fsp3) is 0.500. The van der Waals surface area contributed by atoms with Crippen molar-refractivity contribution >= 4 is 15.5 Å². The number of aliphatic hydroxyl groups excluding tert-OH is 1. The fourth-order valence-corrected chi connectivity index (χ4v) is 3.44. The standard InChI is InChI=1S/C12H16FNO3S/c13-11-2-3-12(10(8-11)9-15)14-4-1-6-18(16,17)7-5-14/h2-3,8,15H,1,4-7,9H2. The first-order valence-corrected chi connectivity index (χ1v) is 7.68. The summed E-state index contributed by atoms with van der Waals surface area (Å²) >= 11 is 0. The number of hydrogen-bond donors (Lipinski definition) is 1. The minimum Gasteiger partial charge on any atom is -0.392 e. The van der Waals surface area contributed by atoms with Crippen LogP contribution in [0.5, 0.6) is 0 Å². The molecule has 0 amide bonds. The van der Waals surface area contributed by atoms with Gasteiger partial charge in [0, 0.05) is 24.3 Å². The Balaban J connectivity index is 2.26. The predicted molar refractivity (Wildman–Crippen MR) is 67.8 cm³/mol. The smallest absolute Gasteiger partial charge is 0.152 e. The maximum absolute atomic E-state index is 13.1. The van der Waals surface area contributed by atoms with Crippen LogP contribution in [0.15, 0.2) is 18.2 Å². The van der Waals surface area contributed by atoms with Crippen LogP contribution in [0, 0.1) is 5.82 Å². The number of rotatable bonds is 2. The van der Waals surface area contributed by atoms with E-state index in [1.54, 1.807) is 6.07 Å². The largest absolute Gasteiger partial charge is 0.392 e. The first kappa shape index (κ1) is 13.3. The summed E-state index contributed by atoms with van der Waals surface area (Å²) in [5.74, 6) is -0.0979. The van der Waals surface area contributed by atoms with E-state index in [1.165, 1.54) is 12.1 Å². The van der Waals surface area contributed by atoms with Crippen molar-refractivity contribution in [1.82, 2.24) is 0 Å². The van der Waals surface area contributed by atoms with E-state index in [-0.39, 0.29) is 18.1 Å². The van der Waals surface area contributed by atoms with Gasteiger partial charge in [-0.2, -0.15) is 0 Å². The molecule has 0 saturated carbocycles. The molecule has 0 spiro atoms. The molecule has 1 aromatic carbocycles. The van der Waals surface area contributed by atoms with E-state index in [0.717, 1.165) is 5.69 Å². The number of halogens is 1. The van der Waals surface area contributed by atoms with Gasteiger partial charge in [-0.15, -0.1) is 0 Å². The highest BCUT2D eigenvalue weighted by atomic mass is 32.2. The highest BCUT2D eigenvalue weighted by molar-refractivity contribution is 7.91. The molecule has 1 heterocycles. The fourth-order valence-electron chi connectivity index (χ4n) is 2.17. The molecule has 1 saturated heterocycles. The number of hydrogen-bond acceptors (Lipinski definition) is 4. The van der Waals surface area contributed by atoms with Crippen LogP contribution in [0.1, 0.15) is 12.0 Å². The molecule has 0 aliphatic carbocycles. The summed E-state index contributed by atoms with van der Waals surface area (Å²) in [6.45, 7) is 0.745. The third kappa shape index (κ3) is 3.00. The molecule has 6 heteroatoms. The number of aliphatic hydroxyl groups is 1. The lowest BCUT2D eigenvalue weighted by Gasteiger charge is -2.24. The molecule has 100 valence electrons. The maximum atomic E-state index is 13.1. The first-order chi connectivity index (χ1) is 8.52. The van der Waals surface area contributed by atoms with Crippen LogP contribution in [0.25, 0.3) is 0 Å². The molecule has 0 atom stereocenters. The van der Waals surface area contributed by atoms with E-state index in [4.69, 9.17) is 0 Å². The second-order valence-electron chi connectivity index (χ2n) is 4.42. The summed E-state index contributed by atoms with van der Waals surface area (Å²) < 4.78 is 36.1. The average molecular weight is 273 g/mol. The zero-order valence-electron chi connectivity index (χ0n) is 9.97. The summed E-state index contributed by atoms with van der Waals surface area (Å²) in [4.78, 5) is 1.90. The van der Waals surface area contributed by atoms with Crippen molar-refractivity contribution in [3.63, 3.8) is 0 Å². The highest BCUT2D eigenvalue weighted by Crippen LogP contribution is 2.23. The van der Waals surface area contributed by atoms with Crippen molar-refractivity contribution < 1.29 is 17.9 Å². The van der Waals surface area contributed by atoms with Gasteiger partial charge < -0.3 is 10.0 Å². The lowest BCUT2D eigenvalue weighted by Crippen LogP contribution is -2.27. The van der Waals surface area contributed by atoms with E-state index in [1.807, 2.05) is 4.90 Å². The van der Waals surface area contributed by atoms with E-state index in [2.05, 4.69) is 0 Å². The molecule has 18 heavy (non-hydrogen) atoms. The minimum atomic E-state index is -2.97. The summed E-state index contributed by atoms with van der Waals surface area (Å²) in [5, 5.41) is 9.23. The third-order valence-electron chi connectivity index (χ3n) is 3.11. The zero-order chi connectivity index (χ0) is 13.2. The molecule has 0 bridgehead atoms. The normalized spacial score (nSPS) is 19.6. The number of sulfone groups is 1. The molecule has 0 aromatic heterocycles. The molecule has 1 aromatic rings. The SMILES string of the molecule is O=S1(=O)CCCN(c2ccc(F)cc2CO)CC1. The summed E-state index contributed by atoms with van der Waals surface area (Å²) in [7, 11) is -2.97. The van der Waals surface area contributed by atoms with Gasteiger partial charge in [0.1, 0.15) is 5.82 Å².